The minimum Gasteiger partial charge on any atom is -0.0729 e. The molecule has 0 radical (unpaired) electrons. The van der Waals surface area contributed by atoms with Crippen molar-refractivity contribution in [2.75, 3.05) is 0 Å². The van der Waals surface area contributed by atoms with Gasteiger partial charge in [0, 0.05) is 11.8 Å². The summed E-state index contributed by atoms with van der Waals surface area (Å²) in [7, 11) is 0. The molecule has 2 aromatic rings. The van der Waals surface area contributed by atoms with Crippen LogP contribution in [0.5, 0.6) is 0 Å². The molecule has 0 N–H and O–H groups in total. The van der Waals surface area contributed by atoms with Gasteiger partial charge in [-0.3, -0.25) is 0 Å². The fourth-order valence-corrected chi connectivity index (χ4v) is 5.57. The summed E-state index contributed by atoms with van der Waals surface area (Å²) in [6.07, 6.45) is 14.7. The molecule has 0 saturated carbocycles. The Labute approximate surface area is 190 Å². The van der Waals surface area contributed by atoms with Gasteiger partial charge < -0.3 is 0 Å². The van der Waals surface area contributed by atoms with Crippen molar-refractivity contribution in [2.45, 2.75) is 98.3 Å². The Morgan fingerprint density at radius 2 is 1.06 bits per heavy atom. The number of unbranched alkanes of at least 4 members (excludes halogenated alkanes) is 5. The molecule has 31 heavy (non-hydrogen) atoms. The third kappa shape index (κ3) is 4.32. The Morgan fingerprint density at radius 1 is 0.581 bits per heavy atom. The van der Waals surface area contributed by atoms with Crippen molar-refractivity contribution in [3.63, 3.8) is 0 Å². The summed E-state index contributed by atoms with van der Waals surface area (Å²) in [6, 6.07) is 9.83. The maximum absolute atomic E-state index is 2.64. The fourth-order valence-electron chi connectivity index (χ4n) is 5.57. The number of hydrogen-bond donors (Lipinski definition) is 0. The lowest BCUT2D eigenvalue weighted by atomic mass is 9.66. The van der Waals surface area contributed by atoms with Crippen molar-refractivity contribution >= 4 is 0 Å². The molecule has 0 amide bonds. The molecular weight excluding hydrogens is 372 g/mol. The van der Waals surface area contributed by atoms with Crippen LogP contribution < -0.4 is 0 Å². The van der Waals surface area contributed by atoms with Crippen molar-refractivity contribution in [3.05, 3.63) is 80.9 Å². The van der Waals surface area contributed by atoms with Crippen LogP contribution in [0.3, 0.4) is 0 Å². The van der Waals surface area contributed by atoms with Gasteiger partial charge in [-0.05, 0) is 97.5 Å². The van der Waals surface area contributed by atoms with E-state index in [1.54, 1.807) is 5.57 Å². The van der Waals surface area contributed by atoms with E-state index in [1.807, 2.05) is 0 Å². The van der Waals surface area contributed by atoms with E-state index in [2.05, 4.69) is 78.0 Å². The molecule has 2 unspecified atom stereocenters. The topological polar surface area (TPSA) is 0 Å². The predicted molar refractivity (Wildman–Crippen MR) is 136 cm³/mol. The monoisotopic (exact) mass is 412 g/mol. The second kappa shape index (κ2) is 9.19. The van der Waals surface area contributed by atoms with Gasteiger partial charge in [0.15, 0.2) is 0 Å². The van der Waals surface area contributed by atoms with E-state index in [-0.39, 0.29) is 0 Å². The van der Waals surface area contributed by atoms with Crippen LogP contribution in [0.25, 0.3) is 11.1 Å². The normalized spacial score (nSPS) is 19.3. The van der Waals surface area contributed by atoms with Gasteiger partial charge in [-0.25, -0.2) is 0 Å². The SMILES string of the molecule is CCCCCCCCC1=CC2c3cc(C)c(C)cc3-c3cc(C)c(C)cc3C2C=C1C. The van der Waals surface area contributed by atoms with Crippen LogP contribution in [-0.4, -0.2) is 0 Å². The molecule has 0 spiro atoms. The molecule has 0 bridgehead atoms. The number of benzene rings is 2. The molecule has 4 rings (SSSR count). The van der Waals surface area contributed by atoms with Crippen molar-refractivity contribution < 1.29 is 0 Å². The summed E-state index contributed by atoms with van der Waals surface area (Å²) in [4.78, 5) is 0. The van der Waals surface area contributed by atoms with Gasteiger partial charge in [0.25, 0.3) is 0 Å². The fraction of sp³-hybridized carbons (Fsp3) is 0.484. The van der Waals surface area contributed by atoms with Crippen LogP contribution in [0.15, 0.2) is 47.6 Å². The second-order valence-electron chi connectivity index (χ2n) is 10.2. The summed E-state index contributed by atoms with van der Waals surface area (Å²) in [5.41, 5.74) is 14.7. The zero-order valence-corrected chi connectivity index (χ0v) is 20.6. The second-order valence-corrected chi connectivity index (χ2v) is 10.2. The largest absolute Gasteiger partial charge is 0.0729 e. The average molecular weight is 413 g/mol. The van der Waals surface area contributed by atoms with E-state index in [4.69, 9.17) is 0 Å². The standard InChI is InChI=1S/C31H40/c1-7-8-9-10-11-12-13-25-19-31-29-17-23(5)21(3)15-27(29)26-14-20(2)22(4)16-28(26)30(31)18-24(25)6/h14-19,30-31H,7-13H2,1-6H3. The Kier molecular flexibility index (Phi) is 6.56. The third-order valence-electron chi connectivity index (χ3n) is 7.84. The van der Waals surface area contributed by atoms with Crippen LogP contribution in [0.2, 0.25) is 0 Å². The van der Waals surface area contributed by atoms with Crippen LogP contribution in [0.4, 0.5) is 0 Å². The first-order chi connectivity index (χ1) is 14.9. The van der Waals surface area contributed by atoms with E-state index in [0.29, 0.717) is 11.8 Å². The van der Waals surface area contributed by atoms with Crippen LogP contribution in [-0.2, 0) is 0 Å². The molecule has 0 heterocycles. The number of rotatable bonds is 7. The maximum Gasteiger partial charge on any atom is 0.0134 e. The van der Waals surface area contributed by atoms with Crippen molar-refractivity contribution in [3.8, 4) is 11.1 Å². The van der Waals surface area contributed by atoms with Crippen molar-refractivity contribution in [2.24, 2.45) is 0 Å². The number of aryl methyl sites for hydroxylation is 4. The van der Waals surface area contributed by atoms with Gasteiger partial charge in [-0.15, -0.1) is 0 Å². The van der Waals surface area contributed by atoms with Gasteiger partial charge in [0.2, 0.25) is 0 Å². The lowest BCUT2D eigenvalue weighted by Crippen LogP contribution is -2.19. The summed E-state index contributed by atoms with van der Waals surface area (Å²) < 4.78 is 0. The Morgan fingerprint density at radius 3 is 1.65 bits per heavy atom. The van der Waals surface area contributed by atoms with Crippen molar-refractivity contribution in [1.29, 1.82) is 0 Å². The molecule has 0 fully saturated rings. The minimum atomic E-state index is 0.470. The number of fused-ring (bicyclic) bond motifs is 6. The summed E-state index contributed by atoms with van der Waals surface area (Å²) in [6.45, 7) is 13.7. The van der Waals surface area contributed by atoms with Crippen LogP contribution in [0.1, 0.15) is 104 Å². The Bertz CT molecular complexity index is 1030. The zero-order valence-electron chi connectivity index (χ0n) is 20.6. The van der Waals surface area contributed by atoms with Gasteiger partial charge in [-0.2, -0.15) is 0 Å². The van der Waals surface area contributed by atoms with E-state index in [9.17, 15) is 0 Å². The molecule has 164 valence electrons. The van der Waals surface area contributed by atoms with Gasteiger partial charge in [-0.1, -0.05) is 81.0 Å². The van der Waals surface area contributed by atoms with Crippen LogP contribution in [0, 0.1) is 27.7 Å². The third-order valence-corrected chi connectivity index (χ3v) is 7.84. The molecule has 2 aliphatic carbocycles. The highest BCUT2D eigenvalue weighted by Gasteiger charge is 2.34. The molecule has 2 atom stereocenters. The Balaban J connectivity index is 1.69. The number of hydrogen-bond acceptors (Lipinski definition) is 0. The molecule has 0 nitrogen and oxygen atoms in total. The summed E-state index contributed by atoms with van der Waals surface area (Å²) in [5.74, 6) is 0.944. The number of allylic oxidation sites excluding steroid dienone is 4. The first-order valence-electron chi connectivity index (χ1n) is 12.5. The van der Waals surface area contributed by atoms with E-state index < -0.39 is 0 Å². The quantitative estimate of drug-likeness (QED) is 0.397. The average Bonchev–Trinajstić information content (AvgIpc) is 2.74. The van der Waals surface area contributed by atoms with Crippen LogP contribution >= 0.6 is 0 Å². The molecule has 0 heteroatoms. The van der Waals surface area contributed by atoms with Gasteiger partial charge >= 0.3 is 0 Å². The first-order valence-corrected chi connectivity index (χ1v) is 12.5. The van der Waals surface area contributed by atoms with Crippen molar-refractivity contribution in [1.82, 2.24) is 0 Å². The van der Waals surface area contributed by atoms with E-state index in [0.717, 1.165) is 0 Å². The molecule has 2 aromatic carbocycles. The molecule has 0 aliphatic heterocycles. The van der Waals surface area contributed by atoms with Gasteiger partial charge in [0.05, 0.1) is 0 Å². The predicted octanol–water partition coefficient (Wildman–Crippen LogP) is 9.40. The highest BCUT2D eigenvalue weighted by Crippen LogP contribution is 2.52. The molecule has 2 aliphatic rings. The summed E-state index contributed by atoms with van der Waals surface area (Å²) in [5, 5.41) is 0. The maximum atomic E-state index is 2.64. The van der Waals surface area contributed by atoms with E-state index in [1.165, 1.54) is 95.0 Å². The zero-order chi connectivity index (χ0) is 22.1. The molecule has 0 aromatic heterocycles. The smallest absolute Gasteiger partial charge is 0.0134 e. The lowest BCUT2D eigenvalue weighted by molar-refractivity contribution is 0.603. The first kappa shape index (κ1) is 22.1. The molecular formula is C31H40. The summed E-state index contributed by atoms with van der Waals surface area (Å²) >= 11 is 0. The highest BCUT2D eigenvalue weighted by molar-refractivity contribution is 5.79. The minimum absolute atomic E-state index is 0.470. The lowest BCUT2D eigenvalue weighted by Gasteiger charge is -2.37. The highest BCUT2D eigenvalue weighted by atomic mass is 14.4. The van der Waals surface area contributed by atoms with Gasteiger partial charge in [0.1, 0.15) is 0 Å². The van der Waals surface area contributed by atoms with E-state index >= 15 is 0 Å². The molecule has 0 saturated heterocycles. The Hall–Kier alpha value is -2.08.